The van der Waals surface area contributed by atoms with Crippen LogP contribution >= 0.6 is 0 Å². The van der Waals surface area contributed by atoms with Crippen LogP contribution in [0.1, 0.15) is 36.8 Å². The molecule has 2 aromatic carbocycles. The summed E-state index contributed by atoms with van der Waals surface area (Å²) < 4.78 is 0. The molecule has 1 saturated heterocycles. The molecule has 0 spiro atoms. The summed E-state index contributed by atoms with van der Waals surface area (Å²) in [6.07, 6.45) is 6.13. The average molecular weight is 457 g/mol. The highest BCUT2D eigenvalue weighted by Gasteiger charge is 2.32. The van der Waals surface area contributed by atoms with E-state index in [9.17, 15) is 0 Å². The number of aromatic nitrogens is 2. The van der Waals surface area contributed by atoms with Gasteiger partial charge in [-0.1, -0.05) is 49.2 Å². The minimum Gasteiger partial charge on any atom is -0.351 e. The van der Waals surface area contributed by atoms with Crippen molar-refractivity contribution in [2.24, 2.45) is 0 Å². The van der Waals surface area contributed by atoms with E-state index in [2.05, 4.69) is 75.6 Å². The molecule has 2 aliphatic heterocycles. The number of benzene rings is 2. The Morgan fingerprint density at radius 1 is 0.824 bits per heavy atom. The molecule has 6 nitrogen and oxygen atoms in total. The standard InChI is InChI=1S/C28H36N6/c1-32-16-18-33(19-17-32)26-13-7-6-12-25(26)30-28-29-24-11-5-4-10-23(24)27(31-28)34-15-14-21-8-2-3-9-22(21)20-34/h2-5,8-11,25-26H,6-7,12-20H2,1H3,(H,29,30,31)/t25-,26+/m0/s1. The van der Waals surface area contributed by atoms with Gasteiger partial charge in [0.15, 0.2) is 0 Å². The summed E-state index contributed by atoms with van der Waals surface area (Å²) in [5, 5.41) is 4.97. The minimum atomic E-state index is 0.410. The maximum Gasteiger partial charge on any atom is 0.225 e. The van der Waals surface area contributed by atoms with Crippen LogP contribution in [-0.4, -0.2) is 71.6 Å². The Bertz CT molecular complexity index is 1140. The van der Waals surface area contributed by atoms with E-state index >= 15 is 0 Å². The topological polar surface area (TPSA) is 47.5 Å². The SMILES string of the molecule is CN1CCN([C@@H]2CCCC[C@@H]2Nc2nc(N3CCc4ccccc4C3)c3ccccc3n2)CC1. The summed E-state index contributed by atoms with van der Waals surface area (Å²) in [4.78, 5) is 17.7. The molecule has 6 rings (SSSR count). The first-order valence-electron chi connectivity index (χ1n) is 13.0. The highest BCUT2D eigenvalue weighted by Crippen LogP contribution is 2.31. The van der Waals surface area contributed by atoms with Crippen LogP contribution in [0.15, 0.2) is 48.5 Å². The van der Waals surface area contributed by atoms with E-state index in [1.807, 2.05) is 0 Å². The summed E-state index contributed by atoms with van der Waals surface area (Å²) in [6, 6.07) is 18.3. The van der Waals surface area contributed by atoms with Crippen molar-refractivity contribution < 1.29 is 0 Å². The number of nitrogens with one attached hydrogen (secondary N) is 1. The van der Waals surface area contributed by atoms with E-state index in [1.165, 1.54) is 36.8 Å². The monoisotopic (exact) mass is 456 g/mol. The molecule has 3 heterocycles. The first-order valence-corrected chi connectivity index (χ1v) is 13.0. The van der Waals surface area contributed by atoms with E-state index in [0.717, 1.165) is 68.4 Å². The first kappa shape index (κ1) is 21.8. The van der Waals surface area contributed by atoms with Crippen molar-refractivity contribution in [2.75, 3.05) is 50.0 Å². The molecule has 34 heavy (non-hydrogen) atoms. The molecular formula is C28H36N6. The Hall–Kier alpha value is -2.70. The van der Waals surface area contributed by atoms with Gasteiger partial charge in [-0.05, 0) is 49.6 Å². The second kappa shape index (κ2) is 9.51. The Labute approximate surface area is 203 Å². The van der Waals surface area contributed by atoms with E-state index in [1.54, 1.807) is 0 Å². The highest BCUT2D eigenvalue weighted by molar-refractivity contribution is 5.90. The Kier molecular flexibility index (Phi) is 6.10. The second-order valence-corrected chi connectivity index (χ2v) is 10.3. The number of likely N-dealkylation sites (N-methyl/N-ethyl adjacent to an activating group) is 1. The van der Waals surface area contributed by atoms with Gasteiger partial charge in [0.1, 0.15) is 5.82 Å². The predicted molar refractivity (Wildman–Crippen MR) is 139 cm³/mol. The van der Waals surface area contributed by atoms with Crippen LogP contribution in [-0.2, 0) is 13.0 Å². The summed E-state index contributed by atoms with van der Waals surface area (Å²) in [5.74, 6) is 1.85. The zero-order valence-corrected chi connectivity index (χ0v) is 20.3. The summed E-state index contributed by atoms with van der Waals surface area (Å²) in [6.45, 7) is 6.55. The minimum absolute atomic E-state index is 0.410. The number of nitrogens with zero attached hydrogens (tertiary/aromatic N) is 5. The van der Waals surface area contributed by atoms with Crippen LogP contribution < -0.4 is 10.2 Å². The number of hydrogen-bond acceptors (Lipinski definition) is 6. The van der Waals surface area contributed by atoms with Crippen LogP contribution in [0, 0.1) is 0 Å². The first-order chi connectivity index (χ1) is 16.7. The van der Waals surface area contributed by atoms with Crippen molar-refractivity contribution in [3.63, 3.8) is 0 Å². The lowest BCUT2D eigenvalue weighted by molar-refractivity contribution is 0.0843. The zero-order chi connectivity index (χ0) is 22.9. The molecule has 0 radical (unpaired) electrons. The second-order valence-electron chi connectivity index (χ2n) is 10.3. The van der Waals surface area contributed by atoms with Crippen molar-refractivity contribution in [1.29, 1.82) is 0 Å². The molecular weight excluding hydrogens is 420 g/mol. The normalized spacial score (nSPS) is 24.2. The molecule has 0 amide bonds. The molecule has 1 aliphatic carbocycles. The Balaban J connectivity index is 1.29. The maximum atomic E-state index is 5.16. The Morgan fingerprint density at radius 3 is 2.47 bits per heavy atom. The van der Waals surface area contributed by atoms with Gasteiger partial charge < -0.3 is 15.1 Å². The summed E-state index contributed by atoms with van der Waals surface area (Å²) in [5.41, 5.74) is 3.90. The van der Waals surface area contributed by atoms with Gasteiger partial charge in [0.05, 0.1) is 5.52 Å². The lowest BCUT2D eigenvalue weighted by atomic mass is 9.88. The van der Waals surface area contributed by atoms with Crippen LogP contribution in [0.25, 0.3) is 10.9 Å². The number of piperazine rings is 1. The lowest BCUT2D eigenvalue weighted by Gasteiger charge is -2.43. The number of anilines is 2. The van der Waals surface area contributed by atoms with Gasteiger partial charge in [0.2, 0.25) is 5.95 Å². The van der Waals surface area contributed by atoms with E-state index in [-0.39, 0.29) is 0 Å². The molecule has 6 heteroatoms. The molecule has 3 aliphatic rings. The molecule has 1 N–H and O–H groups in total. The van der Waals surface area contributed by atoms with E-state index in [4.69, 9.17) is 9.97 Å². The van der Waals surface area contributed by atoms with Crippen molar-refractivity contribution in [3.8, 4) is 0 Å². The van der Waals surface area contributed by atoms with Crippen LogP contribution in [0.3, 0.4) is 0 Å². The average Bonchev–Trinajstić information content (AvgIpc) is 2.89. The molecule has 1 saturated carbocycles. The largest absolute Gasteiger partial charge is 0.351 e. The maximum absolute atomic E-state index is 5.16. The molecule has 178 valence electrons. The molecule has 3 aromatic rings. The summed E-state index contributed by atoms with van der Waals surface area (Å²) >= 11 is 0. The fraction of sp³-hybridized carbons (Fsp3) is 0.500. The number of hydrogen-bond donors (Lipinski definition) is 1. The molecule has 0 unspecified atom stereocenters. The zero-order valence-electron chi connectivity index (χ0n) is 20.3. The van der Waals surface area contributed by atoms with Gasteiger partial charge in [-0.3, -0.25) is 4.90 Å². The van der Waals surface area contributed by atoms with Gasteiger partial charge in [-0.2, -0.15) is 4.98 Å². The fourth-order valence-corrected chi connectivity index (χ4v) is 6.08. The third-order valence-corrected chi connectivity index (χ3v) is 8.06. The van der Waals surface area contributed by atoms with Gasteiger partial charge in [-0.25, -0.2) is 4.98 Å². The van der Waals surface area contributed by atoms with Gasteiger partial charge >= 0.3 is 0 Å². The van der Waals surface area contributed by atoms with Crippen molar-refractivity contribution in [3.05, 3.63) is 59.7 Å². The van der Waals surface area contributed by atoms with Crippen LogP contribution in [0.2, 0.25) is 0 Å². The lowest BCUT2D eigenvalue weighted by Crippen LogP contribution is -2.55. The number of para-hydroxylation sites is 1. The van der Waals surface area contributed by atoms with Crippen molar-refractivity contribution >= 4 is 22.7 Å². The molecule has 2 fully saturated rings. The molecule has 0 bridgehead atoms. The van der Waals surface area contributed by atoms with E-state index < -0.39 is 0 Å². The quantitative estimate of drug-likeness (QED) is 0.636. The van der Waals surface area contributed by atoms with Gasteiger partial charge in [0.25, 0.3) is 0 Å². The third-order valence-electron chi connectivity index (χ3n) is 8.06. The van der Waals surface area contributed by atoms with Crippen molar-refractivity contribution in [2.45, 2.75) is 50.7 Å². The van der Waals surface area contributed by atoms with Gasteiger partial charge in [0, 0.05) is 56.7 Å². The summed E-state index contributed by atoms with van der Waals surface area (Å²) in [7, 11) is 2.23. The smallest absolute Gasteiger partial charge is 0.225 e. The van der Waals surface area contributed by atoms with Crippen LogP contribution in [0.4, 0.5) is 11.8 Å². The highest BCUT2D eigenvalue weighted by atomic mass is 15.3. The molecule has 2 atom stereocenters. The number of rotatable bonds is 4. The van der Waals surface area contributed by atoms with E-state index in [0.29, 0.717) is 12.1 Å². The fourth-order valence-electron chi connectivity index (χ4n) is 6.08. The van der Waals surface area contributed by atoms with Crippen molar-refractivity contribution in [1.82, 2.24) is 19.8 Å². The molecule has 1 aromatic heterocycles. The predicted octanol–water partition coefficient (Wildman–Crippen LogP) is 4.16. The Morgan fingerprint density at radius 2 is 1.59 bits per heavy atom. The van der Waals surface area contributed by atoms with Gasteiger partial charge in [-0.15, -0.1) is 0 Å². The third kappa shape index (κ3) is 4.37. The number of fused-ring (bicyclic) bond motifs is 2. The van der Waals surface area contributed by atoms with Crippen LogP contribution in [0.5, 0.6) is 0 Å².